The first kappa shape index (κ1) is 11.0. The number of aliphatic hydroxyl groups excluding tert-OH is 1. The highest BCUT2D eigenvalue weighted by atomic mass is 35.5. The molecule has 0 spiro atoms. The summed E-state index contributed by atoms with van der Waals surface area (Å²) in [6, 6.07) is 3.00. The molecule has 1 aliphatic rings. The minimum Gasteiger partial charge on any atom is -0.481 e. The van der Waals surface area contributed by atoms with Crippen molar-refractivity contribution in [3.8, 4) is 11.5 Å². The van der Waals surface area contributed by atoms with Crippen LogP contribution in [0.25, 0.3) is 0 Å². The number of halogens is 1. The van der Waals surface area contributed by atoms with E-state index in [4.69, 9.17) is 26.2 Å². The lowest BCUT2D eigenvalue weighted by Crippen LogP contribution is -2.05. The van der Waals surface area contributed by atoms with E-state index in [1.165, 1.54) is 12.1 Å². The van der Waals surface area contributed by atoms with Crippen LogP contribution < -0.4 is 9.47 Å². The predicted molar refractivity (Wildman–Crippen MR) is 54.8 cm³/mol. The van der Waals surface area contributed by atoms with Gasteiger partial charge in [0, 0.05) is 0 Å². The van der Waals surface area contributed by atoms with Crippen LogP contribution >= 0.6 is 11.6 Å². The summed E-state index contributed by atoms with van der Waals surface area (Å²) in [7, 11) is 0. The lowest BCUT2D eigenvalue weighted by atomic mass is 10.1. The van der Waals surface area contributed by atoms with Gasteiger partial charge in [-0.25, -0.2) is 0 Å². The van der Waals surface area contributed by atoms with Crippen LogP contribution in [-0.4, -0.2) is 23.0 Å². The lowest BCUT2D eigenvalue weighted by Gasteiger charge is -2.09. The monoisotopic (exact) mass is 244 g/mol. The van der Waals surface area contributed by atoms with Crippen molar-refractivity contribution < 1.29 is 24.5 Å². The molecule has 1 aromatic rings. The zero-order valence-electron chi connectivity index (χ0n) is 8.14. The van der Waals surface area contributed by atoms with Gasteiger partial charge in [-0.3, -0.25) is 4.79 Å². The maximum atomic E-state index is 10.5. The number of aliphatic carboxylic acids is 1. The molecule has 1 aromatic carbocycles. The van der Waals surface area contributed by atoms with E-state index in [2.05, 4.69) is 0 Å². The Morgan fingerprint density at radius 1 is 1.50 bits per heavy atom. The Labute approximate surface area is 96.2 Å². The molecule has 2 N–H and O–H groups in total. The summed E-state index contributed by atoms with van der Waals surface area (Å²) in [5.74, 6) is -0.235. The number of rotatable bonds is 3. The molecule has 86 valence electrons. The average Bonchev–Trinajstić information content (AvgIpc) is 2.64. The Morgan fingerprint density at radius 2 is 2.25 bits per heavy atom. The Balaban J connectivity index is 2.29. The van der Waals surface area contributed by atoms with Gasteiger partial charge in [0.05, 0.1) is 17.5 Å². The van der Waals surface area contributed by atoms with Crippen molar-refractivity contribution in [2.45, 2.75) is 12.5 Å². The van der Waals surface area contributed by atoms with Gasteiger partial charge < -0.3 is 19.7 Å². The van der Waals surface area contributed by atoms with Crippen molar-refractivity contribution in [3.05, 3.63) is 22.7 Å². The van der Waals surface area contributed by atoms with Crippen molar-refractivity contribution in [1.29, 1.82) is 0 Å². The Morgan fingerprint density at radius 3 is 2.94 bits per heavy atom. The first-order valence-electron chi connectivity index (χ1n) is 4.57. The standard InChI is InChI=1S/C10H9ClO5/c11-6-1-5(7(12)3-9(13)14)2-8-10(6)16-4-15-8/h1-2,7,12H,3-4H2,(H,13,14)/t7-/m0/s1. The highest BCUT2D eigenvalue weighted by Gasteiger charge is 2.21. The smallest absolute Gasteiger partial charge is 0.306 e. The van der Waals surface area contributed by atoms with E-state index in [1.54, 1.807) is 0 Å². The number of benzene rings is 1. The third kappa shape index (κ3) is 2.05. The first-order valence-corrected chi connectivity index (χ1v) is 4.94. The molecule has 1 atom stereocenters. The lowest BCUT2D eigenvalue weighted by molar-refractivity contribution is -0.139. The molecule has 1 heterocycles. The van der Waals surface area contributed by atoms with Gasteiger partial charge in [0.2, 0.25) is 6.79 Å². The molecular weight excluding hydrogens is 236 g/mol. The highest BCUT2D eigenvalue weighted by molar-refractivity contribution is 6.32. The van der Waals surface area contributed by atoms with E-state index in [-0.39, 0.29) is 13.2 Å². The Bertz CT molecular complexity index is 431. The Hall–Kier alpha value is -1.46. The minimum atomic E-state index is -1.11. The number of fused-ring (bicyclic) bond motifs is 1. The summed E-state index contributed by atoms with van der Waals surface area (Å²) in [5.41, 5.74) is 0.400. The second-order valence-corrected chi connectivity index (χ2v) is 3.76. The number of carboxylic acid groups (broad SMARTS) is 1. The summed E-state index contributed by atoms with van der Waals surface area (Å²) < 4.78 is 10.2. The van der Waals surface area contributed by atoms with Crippen LogP contribution in [0, 0.1) is 0 Å². The van der Waals surface area contributed by atoms with Crippen molar-refractivity contribution in [1.82, 2.24) is 0 Å². The summed E-state index contributed by atoms with van der Waals surface area (Å²) in [5, 5.41) is 18.5. The van der Waals surface area contributed by atoms with E-state index in [1.807, 2.05) is 0 Å². The van der Waals surface area contributed by atoms with Gasteiger partial charge in [-0.2, -0.15) is 0 Å². The van der Waals surface area contributed by atoms with Gasteiger partial charge in [0.25, 0.3) is 0 Å². The van der Waals surface area contributed by atoms with Gasteiger partial charge in [-0.05, 0) is 17.7 Å². The molecule has 0 aromatic heterocycles. The molecule has 0 saturated heterocycles. The topological polar surface area (TPSA) is 76.0 Å². The van der Waals surface area contributed by atoms with E-state index < -0.39 is 12.1 Å². The van der Waals surface area contributed by atoms with Crippen LogP contribution in [0.4, 0.5) is 0 Å². The van der Waals surface area contributed by atoms with Crippen LogP contribution in [0.5, 0.6) is 11.5 Å². The van der Waals surface area contributed by atoms with E-state index >= 15 is 0 Å². The van der Waals surface area contributed by atoms with E-state index in [9.17, 15) is 9.90 Å². The molecule has 0 saturated carbocycles. The Kier molecular flexibility index (Phi) is 2.89. The van der Waals surface area contributed by atoms with Gasteiger partial charge >= 0.3 is 5.97 Å². The number of aliphatic hydroxyl groups is 1. The highest BCUT2D eigenvalue weighted by Crippen LogP contribution is 2.41. The minimum absolute atomic E-state index is 0.0769. The third-order valence-corrected chi connectivity index (χ3v) is 2.48. The fourth-order valence-electron chi connectivity index (χ4n) is 1.46. The van der Waals surface area contributed by atoms with Gasteiger partial charge in [0.15, 0.2) is 11.5 Å². The second-order valence-electron chi connectivity index (χ2n) is 3.35. The van der Waals surface area contributed by atoms with E-state index in [0.717, 1.165) is 0 Å². The van der Waals surface area contributed by atoms with E-state index in [0.29, 0.717) is 22.1 Å². The maximum absolute atomic E-state index is 10.5. The normalized spacial score (nSPS) is 14.9. The molecule has 6 heteroatoms. The fraction of sp³-hybridized carbons (Fsp3) is 0.300. The summed E-state index contributed by atoms with van der Waals surface area (Å²) in [4.78, 5) is 10.5. The molecule has 0 radical (unpaired) electrons. The molecule has 1 aliphatic heterocycles. The van der Waals surface area contributed by atoms with Gasteiger partial charge in [-0.1, -0.05) is 11.6 Å². The fourth-order valence-corrected chi connectivity index (χ4v) is 1.74. The van der Waals surface area contributed by atoms with Gasteiger partial charge in [-0.15, -0.1) is 0 Å². The number of carboxylic acids is 1. The second kappa shape index (κ2) is 4.19. The number of hydrogen-bond donors (Lipinski definition) is 2. The van der Waals surface area contributed by atoms with Crippen LogP contribution in [0.1, 0.15) is 18.1 Å². The molecule has 2 rings (SSSR count). The quantitative estimate of drug-likeness (QED) is 0.844. The number of ether oxygens (including phenoxy) is 2. The predicted octanol–water partition coefficient (Wildman–Crippen LogP) is 1.58. The molecule has 0 aliphatic carbocycles. The molecule has 0 bridgehead atoms. The zero-order valence-corrected chi connectivity index (χ0v) is 8.90. The largest absolute Gasteiger partial charge is 0.481 e. The van der Waals surface area contributed by atoms with Crippen molar-refractivity contribution in [2.24, 2.45) is 0 Å². The summed E-state index contributed by atoms with van der Waals surface area (Å²) in [6.07, 6.45) is -1.49. The SMILES string of the molecule is O=C(O)C[C@H](O)c1cc(Cl)c2c(c1)OCO2. The van der Waals surface area contributed by atoms with Crippen LogP contribution in [0.15, 0.2) is 12.1 Å². The average molecular weight is 245 g/mol. The van der Waals surface area contributed by atoms with Crippen LogP contribution in [0.3, 0.4) is 0 Å². The van der Waals surface area contributed by atoms with Crippen LogP contribution in [-0.2, 0) is 4.79 Å². The third-order valence-electron chi connectivity index (χ3n) is 2.20. The first-order chi connectivity index (χ1) is 7.58. The molecule has 16 heavy (non-hydrogen) atoms. The summed E-state index contributed by atoms with van der Waals surface area (Å²) >= 11 is 5.89. The molecule has 0 amide bonds. The molecular formula is C10H9ClO5. The molecule has 5 nitrogen and oxygen atoms in total. The maximum Gasteiger partial charge on any atom is 0.306 e. The van der Waals surface area contributed by atoms with Crippen molar-refractivity contribution in [2.75, 3.05) is 6.79 Å². The summed E-state index contributed by atoms with van der Waals surface area (Å²) in [6.45, 7) is 0.0769. The number of carbonyl (C=O) groups is 1. The van der Waals surface area contributed by atoms with Gasteiger partial charge in [0.1, 0.15) is 0 Å². The van der Waals surface area contributed by atoms with Crippen LogP contribution in [0.2, 0.25) is 5.02 Å². The molecule has 0 fully saturated rings. The van der Waals surface area contributed by atoms with Crippen molar-refractivity contribution >= 4 is 17.6 Å². The zero-order chi connectivity index (χ0) is 11.7. The molecule has 0 unspecified atom stereocenters. The number of hydrogen-bond acceptors (Lipinski definition) is 4. The van der Waals surface area contributed by atoms with Crippen molar-refractivity contribution in [3.63, 3.8) is 0 Å².